The lowest BCUT2D eigenvalue weighted by atomic mass is 9.98. The van der Waals surface area contributed by atoms with Crippen LogP contribution in [0.4, 0.5) is 36.7 Å². The smallest absolute Gasteiger partial charge is 0.404 e. The first-order chi connectivity index (χ1) is 21.0. The second-order valence-electron chi connectivity index (χ2n) is 12.0. The molecule has 238 valence electrons. The second-order valence-corrected chi connectivity index (χ2v) is 12.8. The van der Waals surface area contributed by atoms with Crippen molar-refractivity contribution >= 4 is 39.1 Å². The third kappa shape index (κ3) is 5.22. The Morgan fingerprint density at radius 1 is 1.18 bits per heavy atom. The highest BCUT2D eigenvalue weighted by Gasteiger charge is 2.68. The maximum atomic E-state index is 15.0. The number of amides is 1. The van der Waals surface area contributed by atoms with Crippen LogP contribution in [0.3, 0.4) is 0 Å². The molecule has 17 heteroatoms. The van der Waals surface area contributed by atoms with E-state index in [2.05, 4.69) is 36.3 Å². The van der Waals surface area contributed by atoms with Crippen molar-refractivity contribution in [3.8, 4) is 0 Å². The third-order valence-corrected chi connectivity index (χ3v) is 8.84. The maximum absolute atomic E-state index is 15.0. The van der Waals surface area contributed by atoms with Crippen LogP contribution in [0.15, 0.2) is 33.2 Å². The van der Waals surface area contributed by atoms with E-state index in [0.717, 1.165) is 12.1 Å². The Hall–Kier alpha value is -3.73. The van der Waals surface area contributed by atoms with Gasteiger partial charge in [-0.25, -0.2) is 13.8 Å². The first-order valence-electron chi connectivity index (χ1n) is 13.7. The van der Waals surface area contributed by atoms with Crippen LogP contribution in [0.5, 0.6) is 0 Å². The van der Waals surface area contributed by atoms with Gasteiger partial charge in [-0.15, -0.1) is 0 Å². The number of halogens is 8. The van der Waals surface area contributed by atoms with Gasteiger partial charge >= 0.3 is 6.18 Å². The van der Waals surface area contributed by atoms with E-state index in [0.29, 0.717) is 20.7 Å². The van der Waals surface area contributed by atoms with Gasteiger partial charge < -0.3 is 19.7 Å². The van der Waals surface area contributed by atoms with Crippen molar-refractivity contribution in [2.24, 2.45) is 5.92 Å². The van der Waals surface area contributed by atoms with Crippen molar-refractivity contribution in [1.29, 1.82) is 0 Å². The van der Waals surface area contributed by atoms with Crippen LogP contribution in [0.1, 0.15) is 53.5 Å². The fourth-order valence-corrected chi connectivity index (χ4v) is 6.87. The minimum absolute atomic E-state index is 0.0259. The molecule has 0 bridgehead atoms. The molecular formula is C28H22BrF7N6O3. The van der Waals surface area contributed by atoms with E-state index in [-0.39, 0.29) is 48.9 Å². The van der Waals surface area contributed by atoms with Crippen molar-refractivity contribution < 1.29 is 45.1 Å². The molecule has 1 amide bonds. The van der Waals surface area contributed by atoms with Crippen LogP contribution in [0.25, 0.3) is 11.2 Å². The van der Waals surface area contributed by atoms with Crippen molar-refractivity contribution in [3.63, 3.8) is 0 Å². The highest BCUT2D eigenvalue weighted by Crippen LogP contribution is 2.68. The summed E-state index contributed by atoms with van der Waals surface area (Å²) in [4.78, 5) is 23.8. The van der Waals surface area contributed by atoms with E-state index in [1.807, 2.05) is 0 Å². The summed E-state index contributed by atoms with van der Waals surface area (Å²) < 4.78 is 106. The zero-order valence-corrected chi connectivity index (χ0v) is 24.7. The Balaban J connectivity index is 1.22. The van der Waals surface area contributed by atoms with Gasteiger partial charge in [-0.1, -0.05) is 0 Å². The summed E-state index contributed by atoms with van der Waals surface area (Å²) in [7, 11) is 0. The zero-order valence-electron chi connectivity index (χ0n) is 23.1. The number of nitrogens with one attached hydrogen (secondary N) is 1. The van der Waals surface area contributed by atoms with E-state index in [1.165, 1.54) is 6.07 Å². The number of aliphatic hydroxyl groups is 1. The number of carbonyl (C=O) groups is 1. The number of β-amino-alcohol motifs (C(OH)–C–C–N with tert-alkyl or cyclic N) is 1. The summed E-state index contributed by atoms with van der Waals surface area (Å²) in [5, 5.41) is 16.0. The molecule has 0 radical (unpaired) electrons. The van der Waals surface area contributed by atoms with E-state index in [4.69, 9.17) is 4.42 Å². The lowest BCUT2D eigenvalue weighted by molar-refractivity contribution is -0.142. The standard InChI is InChI=1S/C28H22BrF7N6O3/c1-26(44)9-41(10-26)25-38-18-7-16(29)21(39-24(18)45-25)17(4-11-2-12(30)5-13(31)3-11)37-19(43)8-42-23-20(22(40-42)28(34,35)36)14-6-15(14)27(23,32)33/h2-3,5,7,14-15,17,44H,4,6,8-10H2,1H3,(H,37,43)/t14-,15?,17-/m0/s1. The van der Waals surface area contributed by atoms with E-state index < -0.39 is 76.6 Å². The summed E-state index contributed by atoms with van der Waals surface area (Å²) in [6.45, 7) is 1.17. The van der Waals surface area contributed by atoms with Crippen LogP contribution < -0.4 is 10.2 Å². The molecule has 3 aliphatic rings. The average molecular weight is 703 g/mol. The molecule has 1 aromatic carbocycles. The van der Waals surface area contributed by atoms with Crippen LogP contribution >= 0.6 is 15.9 Å². The summed E-state index contributed by atoms with van der Waals surface area (Å²) in [5.74, 6) is -8.65. The van der Waals surface area contributed by atoms with E-state index in [9.17, 15) is 31.9 Å². The number of oxazole rings is 1. The summed E-state index contributed by atoms with van der Waals surface area (Å²) in [6.07, 6.45) is -5.36. The third-order valence-electron chi connectivity index (χ3n) is 8.21. The molecule has 7 rings (SSSR count). The summed E-state index contributed by atoms with van der Waals surface area (Å²) >= 11 is 3.37. The maximum Gasteiger partial charge on any atom is 0.435 e. The quantitative estimate of drug-likeness (QED) is 0.250. The zero-order chi connectivity index (χ0) is 32.2. The molecule has 2 fully saturated rings. The molecule has 4 heterocycles. The largest absolute Gasteiger partial charge is 0.435 e. The molecule has 1 saturated carbocycles. The van der Waals surface area contributed by atoms with Gasteiger partial charge in [-0.05, 0) is 65.4 Å². The normalized spacial score (nSPS) is 21.8. The first kappa shape index (κ1) is 30.0. The van der Waals surface area contributed by atoms with Crippen LogP contribution in [-0.4, -0.2) is 49.5 Å². The molecule has 9 nitrogen and oxygen atoms in total. The molecule has 4 aromatic rings. The molecule has 3 atom stereocenters. The van der Waals surface area contributed by atoms with Crippen molar-refractivity contribution in [1.82, 2.24) is 25.1 Å². The van der Waals surface area contributed by atoms with Crippen LogP contribution in [0, 0.1) is 17.6 Å². The summed E-state index contributed by atoms with van der Waals surface area (Å²) in [6, 6.07) is 3.24. The van der Waals surface area contributed by atoms with Gasteiger partial charge in [0, 0.05) is 22.0 Å². The number of hydrogen-bond donors (Lipinski definition) is 2. The molecule has 2 N–H and O–H groups in total. The molecule has 0 spiro atoms. The van der Waals surface area contributed by atoms with Gasteiger partial charge in [0.25, 0.3) is 11.9 Å². The van der Waals surface area contributed by atoms with Gasteiger partial charge in [-0.3, -0.25) is 9.48 Å². The minimum Gasteiger partial charge on any atom is -0.404 e. The number of rotatable bonds is 7. The molecule has 2 aliphatic carbocycles. The topological polar surface area (TPSA) is 109 Å². The van der Waals surface area contributed by atoms with Crippen molar-refractivity contribution in [2.75, 3.05) is 18.0 Å². The highest BCUT2D eigenvalue weighted by molar-refractivity contribution is 9.10. The highest BCUT2D eigenvalue weighted by atomic mass is 79.9. The predicted octanol–water partition coefficient (Wildman–Crippen LogP) is 5.36. The lowest BCUT2D eigenvalue weighted by Crippen LogP contribution is -2.60. The van der Waals surface area contributed by atoms with Crippen molar-refractivity contribution in [3.05, 3.63) is 68.6 Å². The first-order valence-corrected chi connectivity index (χ1v) is 14.5. The fourth-order valence-electron chi connectivity index (χ4n) is 6.28. The number of nitrogens with zero attached hydrogens (tertiary/aromatic N) is 5. The van der Waals surface area contributed by atoms with Gasteiger partial charge in [0.1, 0.15) is 29.4 Å². The van der Waals surface area contributed by atoms with Crippen LogP contribution in [0.2, 0.25) is 0 Å². The van der Waals surface area contributed by atoms with Gasteiger partial charge in [0.15, 0.2) is 5.69 Å². The van der Waals surface area contributed by atoms with Gasteiger partial charge in [-0.2, -0.15) is 32.0 Å². The number of anilines is 1. The molecule has 3 aromatic heterocycles. The van der Waals surface area contributed by atoms with Crippen LogP contribution in [-0.2, 0) is 29.9 Å². The molecule has 1 aliphatic heterocycles. The Labute approximate surface area is 257 Å². The molecule has 1 unspecified atom stereocenters. The molecular weight excluding hydrogens is 681 g/mol. The number of benzene rings is 1. The number of fused-ring (bicyclic) bond motifs is 4. The minimum atomic E-state index is -5.00. The Morgan fingerprint density at radius 2 is 1.87 bits per heavy atom. The van der Waals surface area contributed by atoms with E-state index >= 15 is 8.78 Å². The Morgan fingerprint density at radius 3 is 2.51 bits per heavy atom. The fraction of sp³-hybridized carbons (Fsp3) is 0.429. The predicted molar refractivity (Wildman–Crippen MR) is 145 cm³/mol. The monoisotopic (exact) mass is 702 g/mol. The summed E-state index contributed by atoms with van der Waals surface area (Å²) in [5.41, 5.74) is -3.35. The number of hydrogen-bond acceptors (Lipinski definition) is 7. The average Bonchev–Trinajstić information content (AvgIpc) is 3.36. The van der Waals surface area contributed by atoms with E-state index in [1.54, 1.807) is 11.8 Å². The molecule has 1 saturated heterocycles. The second kappa shape index (κ2) is 9.88. The Bertz CT molecular complexity index is 1840. The SMILES string of the molecule is CC1(O)CN(c2nc3cc(Br)c([C@H](Cc4cc(F)cc(F)c4)NC(=O)Cn4nc(C(F)(F)F)c5c4C(F)(F)C4C[C@H]54)nc3o2)C1. The Kier molecular flexibility index (Phi) is 6.58. The van der Waals surface area contributed by atoms with Crippen molar-refractivity contribution in [2.45, 2.75) is 56.0 Å². The number of aromatic nitrogens is 4. The van der Waals surface area contributed by atoms with Gasteiger partial charge in [0.2, 0.25) is 11.6 Å². The number of alkyl halides is 5. The number of pyridine rings is 1. The molecule has 45 heavy (non-hydrogen) atoms. The lowest BCUT2D eigenvalue weighted by Gasteiger charge is -2.42. The van der Waals surface area contributed by atoms with Gasteiger partial charge in [0.05, 0.1) is 30.4 Å². The number of carbonyl (C=O) groups excluding carboxylic acids is 1.